The summed E-state index contributed by atoms with van der Waals surface area (Å²) in [7, 11) is 0. The number of rotatable bonds is 0. The lowest BCUT2D eigenvalue weighted by Gasteiger charge is -2.24. The standard InChI is InChI=1S/C8H15N/c1-8-5-6(8)3-2-4-7(8)9/h6-7H,2-5,9H2,1H3. The fraction of sp³-hybridized carbons (Fsp3) is 1.00. The predicted octanol–water partition coefficient (Wildman–Crippen LogP) is 1.52. The monoisotopic (exact) mass is 125 g/mol. The number of nitrogens with two attached hydrogens (primary N) is 1. The average molecular weight is 125 g/mol. The molecule has 2 rings (SSSR count). The summed E-state index contributed by atoms with van der Waals surface area (Å²) in [5.74, 6) is 1.00. The Balaban J connectivity index is 2.10. The van der Waals surface area contributed by atoms with E-state index in [0.29, 0.717) is 11.5 Å². The molecular weight excluding hydrogens is 110 g/mol. The van der Waals surface area contributed by atoms with Gasteiger partial charge in [-0.15, -0.1) is 0 Å². The summed E-state index contributed by atoms with van der Waals surface area (Å²) in [6.45, 7) is 2.35. The number of hydrogen-bond acceptors (Lipinski definition) is 1. The molecule has 9 heavy (non-hydrogen) atoms. The van der Waals surface area contributed by atoms with Crippen molar-refractivity contribution in [1.82, 2.24) is 0 Å². The lowest BCUT2D eigenvalue weighted by molar-refractivity contribution is 0.311. The molecular formula is C8H15N. The van der Waals surface area contributed by atoms with E-state index in [4.69, 9.17) is 5.73 Å². The van der Waals surface area contributed by atoms with Gasteiger partial charge in [0, 0.05) is 6.04 Å². The average Bonchev–Trinajstić information content (AvgIpc) is 2.44. The molecule has 0 amide bonds. The van der Waals surface area contributed by atoms with Gasteiger partial charge in [0.25, 0.3) is 0 Å². The van der Waals surface area contributed by atoms with E-state index in [0.717, 1.165) is 5.92 Å². The highest BCUT2D eigenvalue weighted by molar-refractivity contribution is 5.07. The molecule has 3 atom stereocenters. The van der Waals surface area contributed by atoms with E-state index in [9.17, 15) is 0 Å². The van der Waals surface area contributed by atoms with Crippen LogP contribution in [0.3, 0.4) is 0 Å². The molecule has 3 unspecified atom stereocenters. The van der Waals surface area contributed by atoms with Gasteiger partial charge in [0.1, 0.15) is 0 Å². The Bertz CT molecular complexity index is 133. The summed E-state index contributed by atoms with van der Waals surface area (Å²) in [5, 5.41) is 0. The van der Waals surface area contributed by atoms with Crippen LogP contribution in [0.2, 0.25) is 0 Å². The maximum absolute atomic E-state index is 5.95. The van der Waals surface area contributed by atoms with E-state index in [1.165, 1.54) is 25.7 Å². The molecule has 2 aliphatic carbocycles. The van der Waals surface area contributed by atoms with E-state index in [1.54, 1.807) is 0 Å². The van der Waals surface area contributed by atoms with Crippen LogP contribution in [0.25, 0.3) is 0 Å². The third kappa shape index (κ3) is 0.644. The van der Waals surface area contributed by atoms with Crippen molar-refractivity contribution < 1.29 is 0 Å². The fourth-order valence-electron chi connectivity index (χ4n) is 2.27. The van der Waals surface area contributed by atoms with Crippen molar-refractivity contribution in [3.63, 3.8) is 0 Å². The van der Waals surface area contributed by atoms with E-state index in [2.05, 4.69) is 6.92 Å². The highest BCUT2D eigenvalue weighted by Gasteiger charge is 2.55. The Morgan fingerprint density at radius 2 is 2.22 bits per heavy atom. The SMILES string of the molecule is CC12CC1CCCC2N. The van der Waals surface area contributed by atoms with Gasteiger partial charge < -0.3 is 5.73 Å². The first-order valence-electron chi connectivity index (χ1n) is 3.99. The molecule has 0 aliphatic heterocycles. The highest BCUT2D eigenvalue weighted by Crippen LogP contribution is 2.60. The number of fused-ring (bicyclic) bond motifs is 1. The van der Waals surface area contributed by atoms with Gasteiger partial charge in [0.05, 0.1) is 0 Å². The minimum Gasteiger partial charge on any atom is -0.327 e. The van der Waals surface area contributed by atoms with Crippen LogP contribution >= 0.6 is 0 Å². The van der Waals surface area contributed by atoms with Crippen LogP contribution < -0.4 is 5.73 Å². The lowest BCUT2D eigenvalue weighted by atomic mass is 9.86. The summed E-state index contributed by atoms with van der Waals surface area (Å²) in [6.07, 6.45) is 5.51. The minimum atomic E-state index is 0.524. The first-order valence-corrected chi connectivity index (χ1v) is 3.99. The van der Waals surface area contributed by atoms with Crippen LogP contribution in [0.4, 0.5) is 0 Å². The van der Waals surface area contributed by atoms with Crippen molar-refractivity contribution in [2.24, 2.45) is 17.1 Å². The third-order valence-corrected chi connectivity index (χ3v) is 3.37. The topological polar surface area (TPSA) is 26.0 Å². The van der Waals surface area contributed by atoms with Gasteiger partial charge in [-0.2, -0.15) is 0 Å². The van der Waals surface area contributed by atoms with Crippen molar-refractivity contribution in [1.29, 1.82) is 0 Å². The van der Waals surface area contributed by atoms with Crippen molar-refractivity contribution >= 4 is 0 Å². The Morgan fingerprint density at radius 3 is 2.78 bits per heavy atom. The molecule has 2 fully saturated rings. The minimum absolute atomic E-state index is 0.524. The maximum atomic E-state index is 5.95. The van der Waals surface area contributed by atoms with E-state index in [1.807, 2.05) is 0 Å². The third-order valence-electron chi connectivity index (χ3n) is 3.37. The van der Waals surface area contributed by atoms with Crippen LogP contribution in [-0.2, 0) is 0 Å². The summed E-state index contributed by atoms with van der Waals surface area (Å²) >= 11 is 0. The quantitative estimate of drug-likeness (QED) is 0.522. The summed E-state index contributed by atoms with van der Waals surface area (Å²) in [5.41, 5.74) is 6.54. The summed E-state index contributed by atoms with van der Waals surface area (Å²) in [6, 6.07) is 0.524. The highest BCUT2D eigenvalue weighted by atomic mass is 14.8. The molecule has 0 aromatic carbocycles. The van der Waals surface area contributed by atoms with Crippen LogP contribution in [0.15, 0.2) is 0 Å². The van der Waals surface area contributed by atoms with Crippen LogP contribution in [-0.4, -0.2) is 6.04 Å². The Labute approximate surface area is 56.6 Å². The van der Waals surface area contributed by atoms with Gasteiger partial charge in [-0.1, -0.05) is 13.3 Å². The van der Waals surface area contributed by atoms with E-state index >= 15 is 0 Å². The van der Waals surface area contributed by atoms with Crippen LogP contribution in [0, 0.1) is 11.3 Å². The molecule has 0 spiro atoms. The van der Waals surface area contributed by atoms with Crippen LogP contribution in [0.5, 0.6) is 0 Å². The zero-order valence-electron chi connectivity index (χ0n) is 6.06. The smallest absolute Gasteiger partial charge is 0.00956 e. The predicted molar refractivity (Wildman–Crippen MR) is 38.0 cm³/mol. The second kappa shape index (κ2) is 1.51. The summed E-state index contributed by atoms with van der Waals surface area (Å²) in [4.78, 5) is 0. The van der Waals surface area contributed by atoms with Crippen molar-refractivity contribution in [3.05, 3.63) is 0 Å². The molecule has 0 heterocycles. The van der Waals surface area contributed by atoms with Crippen molar-refractivity contribution in [2.45, 2.75) is 38.6 Å². The van der Waals surface area contributed by atoms with E-state index in [-0.39, 0.29) is 0 Å². The van der Waals surface area contributed by atoms with E-state index < -0.39 is 0 Å². The molecule has 0 bridgehead atoms. The molecule has 0 radical (unpaired) electrons. The van der Waals surface area contributed by atoms with Gasteiger partial charge in [0.2, 0.25) is 0 Å². The first kappa shape index (κ1) is 5.72. The molecule has 52 valence electrons. The van der Waals surface area contributed by atoms with Gasteiger partial charge in [-0.05, 0) is 30.6 Å². The zero-order chi connectivity index (χ0) is 6.48. The second-order valence-corrected chi connectivity index (χ2v) is 3.94. The molecule has 0 saturated heterocycles. The molecule has 1 heteroatoms. The van der Waals surface area contributed by atoms with Crippen molar-refractivity contribution in [2.75, 3.05) is 0 Å². The van der Waals surface area contributed by atoms with Gasteiger partial charge in [-0.3, -0.25) is 0 Å². The zero-order valence-corrected chi connectivity index (χ0v) is 6.06. The Kier molecular flexibility index (Phi) is 0.963. The Morgan fingerprint density at radius 1 is 1.44 bits per heavy atom. The molecule has 1 nitrogen and oxygen atoms in total. The first-order chi connectivity index (χ1) is 4.23. The van der Waals surface area contributed by atoms with Gasteiger partial charge >= 0.3 is 0 Å². The molecule has 0 aromatic rings. The molecule has 2 saturated carbocycles. The maximum Gasteiger partial charge on any atom is 0.00956 e. The van der Waals surface area contributed by atoms with Gasteiger partial charge in [0.15, 0.2) is 0 Å². The van der Waals surface area contributed by atoms with Crippen molar-refractivity contribution in [3.8, 4) is 0 Å². The van der Waals surface area contributed by atoms with Gasteiger partial charge in [-0.25, -0.2) is 0 Å². The largest absolute Gasteiger partial charge is 0.327 e. The molecule has 2 aliphatic rings. The molecule has 0 aromatic heterocycles. The van der Waals surface area contributed by atoms with Crippen LogP contribution in [0.1, 0.15) is 32.6 Å². The summed E-state index contributed by atoms with van der Waals surface area (Å²) < 4.78 is 0. The lowest BCUT2D eigenvalue weighted by Crippen LogP contribution is -2.33. The second-order valence-electron chi connectivity index (χ2n) is 3.94. The molecule has 2 N–H and O–H groups in total. The fourth-order valence-corrected chi connectivity index (χ4v) is 2.27. The Hall–Kier alpha value is -0.0400. The normalized spacial score (nSPS) is 56.7. The number of hydrogen-bond donors (Lipinski definition) is 1.